The first-order valence-electron chi connectivity index (χ1n) is 5.26. The van der Waals surface area contributed by atoms with Gasteiger partial charge in [0.1, 0.15) is 5.69 Å². The first-order chi connectivity index (χ1) is 7.18. The van der Waals surface area contributed by atoms with Crippen molar-refractivity contribution in [2.75, 3.05) is 18.8 Å². The van der Waals surface area contributed by atoms with Crippen LogP contribution in [0.5, 0.6) is 0 Å². The highest BCUT2D eigenvalue weighted by atomic mass is 16.2. The molecule has 0 aromatic carbocycles. The number of rotatable bonds is 1. The first-order valence-corrected chi connectivity index (χ1v) is 5.26. The van der Waals surface area contributed by atoms with Crippen LogP contribution >= 0.6 is 0 Å². The van der Waals surface area contributed by atoms with Gasteiger partial charge < -0.3 is 10.6 Å². The van der Waals surface area contributed by atoms with Gasteiger partial charge in [-0.05, 0) is 18.8 Å². The van der Waals surface area contributed by atoms with Crippen LogP contribution in [0.2, 0.25) is 0 Å². The number of anilines is 1. The normalized spacial score (nSPS) is 21.7. The van der Waals surface area contributed by atoms with Crippen molar-refractivity contribution in [3.63, 3.8) is 0 Å². The SMILES string of the molecule is CC1CCCN(C(=O)c2[nH]ncc2N)C1. The van der Waals surface area contributed by atoms with Crippen molar-refractivity contribution in [2.45, 2.75) is 19.8 Å². The van der Waals surface area contributed by atoms with E-state index in [2.05, 4.69) is 17.1 Å². The molecule has 1 aromatic heterocycles. The fourth-order valence-electron chi connectivity index (χ4n) is 2.00. The average molecular weight is 208 g/mol. The van der Waals surface area contributed by atoms with Crippen molar-refractivity contribution < 1.29 is 4.79 Å². The molecule has 0 saturated carbocycles. The van der Waals surface area contributed by atoms with Crippen molar-refractivity contribution in [1.82, 2.24) is 15.1 Å². The fraction of sp³-hybridized carbons (Fsp3) is 0.600. The Morgan fingerprint density at radius 1 is 1.73 bits per heavy atom. The van der Waals surface area contributed by atoms with Gasteiger partial charge in [0, 0.05) is 13.1 Å². The standard InChI is InChI=1S/C10H16N4O/c1-7-3-2-4-14(6-7)10(15)9-8(11)5-12-13-9/h5,7H,2-4,6,11H2,1H3,(H,12,13). The lowest BCUT2D eigenvalue weighted by atomic mass is 10.00. The molecule has 1 amide bonds. The summed E-state index contributed by atoms with van der Waals surface area (Å²) in [5.41, 5.74) is 6.49. The summed E-state index contributed by atoms with van der Waals surface area (Å²) >= 11 is 0. The van der Waals surface area contributed by atoms with Crippen molar-refractivity contribution in [2.24, 2.45) is 5.92 Å². The first kappa shape index (κ1) is 10.0. The Balaban J connectivity index is 2.11. The Morgan fingerprint density at radius 2 is 2.53 bits per heavy atom. The number of amides is 1. The van der Waals surface area contributed by atoms with E-state index >= 15 is 0 Å². The summed E-state index contributed by atoms with van der Waals surface area (Å²) in [4.78, 5) is 13.8. The van der Waals surface area contributed by atoms with Crippen molar-refractivity contribution >= 4 is 11.6 Å². The minimum Gasteiger partial charge on any atom is -0.396 e. The summed E-state index contributed by atoms with van der Waals surface area (Å²) in [7, 11) is 0. The number of nitrogens with one attached hydrogen (secondary N) is 1. The molecular formula is C10H16N4O. The van der Waals surface area contributed by atoms with E-state index in [0.717, 1.165) is 19.5 Å². The molecule has 82 valence electrons. The number of nitrogen functional groups attached to an aromatic ring is 1. The second-order valence-electron chi connectivity index (χ2n) is 4.20. The number of nitrogens with two attached hydrogens (primary N) is 1. The molecule has 15 heavy (non-hydrogen) atoms. The summed E-state index contributed by atoms with van der Waals surface area (Å²) in [6.45, 7) is 3.80. The molecule has 2 rings (SSSR count). The molecule has 0 spiro atoms. The third-order valence-corrected chi connectivity index (χ3v) is 2.83. The van der Waals surface area contributed by atoms with Crippen molar-refractivity contribution in [1.29, 1.82) is 0 Å². The van der Waals surface area contributed by atoms with Crippen molar-refractivity contribution in [3.8, 4) is 0 Å². The molecule has 0 radical (unpaired) electrons. The van der Waals surface area contributed by atoms with Gasteiger partial charge in [0.15, 0.2) is 0 Å². The van der Waals surface area contributed by atoms with Crippen LogP contribution in [-0.4, -0.2) is 34.1 Å². The maximum absolute atomic E-state index is 12.0. The predicted octanol–water partition coefficient (Wildman–Crippen LogP) is 0.864. The zero-order valence-corrected chi connectivity index (χ0v) is 8.86. The van der Waals surface area contributed by atoms with Gasteiger partial charge in [0.25, 0.3) is 5.91 Å². The highest BCUT2D eigenvalue weighted by molar-refractivity contribution is 5.97. The lowest BCUT2D eigenvalue weighted by molar-refractivity contribution is 0.0678. The average Bonchev–Trinajstić information content (AvgIpc) is 2.63. The fourth-order valence-corrected chi connectivity index (χ4v) is 2.00. The van der Waals surface area contributed by atoms with Gasteiger partial charge in [-0.15, -0.1) is 0 Å². The molecule has 5 nitrogen and oxygen atoms in total. The van der Waals surface area contributed by atoms with Gasteiger partial charge in [-0.25, -0.2) is 0 Å². The number of aromatic nitrogens is 2. The van der Waals surface area contributed by atoms with Gasteiger partial charge in [0.05, 0.1) is 11.9 Å². The minimum atomic E-state index is -0.0310. The summed E-state index contributed by atoms with van der Waals surface area (Å²) in [6.07, 6.45) is 3.74. The van der Waals surface area contributed by atoms with Crippen LogP contribution in [0.4, 0.5) is 5.69 Å². The number of carbonyl (C=O) groups is 1. The van der Waals surface area contributed by atoms with Gasteiger partial charge in [-0.2, -0.15) is 5.10 Å². The maximum atomic E-state index is 12.0. The molecular weight excluding hydrogens is 192 g/mol. The third kappa shape index (κ3) is 1.95. The largest absolute Gasteiger partial charge is 0.396 e. The number of aromatic amines is 1. The molecule has 1 aliphatic heterocycles. The van der Waals surface area contributed by atoms with E-state index in [-0.39, 0.29) is 5.91 Å². The number of H-pyrrole nitrogens is 1. The van der Waals surface area contributed by atoms with Crippen LogP contribution in [0.25, 0.3) is 0 Å². The van der Waals surface area contributed by atoms with E-state index in [9.17, 15) is 4.79 Å². The smallest absolute Gasteiger partial charge is 0.274 e. The zero-order valence-electron chi connectivity index (χ0n) is 8.86. The Morgan fingerprint density at radius 3 is 3.13 bits per heavy atom. The molecule has 0 aliphatic carbocycles. The number of likely N-dealkylation sites (tertiary alicyclic amines) is 1. The van der Waals surface area contributed by atoms with Crippen LogP contribution in [-0.2, 0) is 0 Å². The maximum Gasteiger partial charge on any atom is 0.274 e. The summed E-state index contributed by atoms with van der Waals surface area (Å²) in [5.74, 6) is 0.545. The quantitative estimate of drug-likeness (QED) is 0.719. The number of hydrogen-bond acceptors (Lipinski definition) is 3. The van der Waals surface area contributed by atoms with Gasteiger partial charge in [-0.3, -0.25) is 9.89 Å². The third-order valence-electron chi connectivity index (χ3n) is 2.83. The molecule has 1 unspecified atom stereocenters. The monoisotopic (exact) mass is 208 g/mol. The Hall–Kier alpha value is -1.52. The number of nitrogens with zero attached hydrogens (tertiary/aromatic N) is 2. The second kappa shape index (κ2) is 3.92. The lowest BCUT2D eigenvalue weighted by Gasteiger charge is -2.30. The number of carbonyl (C=O) groups excluding carboxylic acids is 1. The number of hydrogen-bond donors (Lipinski definition) is 2. The van der Waals surface area contributed by atoms with Crippen LogP contribution in [0.1, 0.15) is 30.3 Å². The van der Waals surface area contributed by atoms with Crippen molar-refractivity contribution in [3.05, 3.63) is 11.9 Å². The molecule has 1 atom stereocenters. The van der Waals surface area contributed by atoms with E-state index in [1.54, 1.807) is 0 Å². The molecule has 1 aliphatic rings. The van der Waals surface area contributed by atoms with E-state index in [1.807, 2.05) is 4.90 Å². The molecule has 5 heteroatoms. The highest BCUT2D eigenvalue weighted by Gasteiger charge is 2.24. The van der Waals surface area contributed by atoms with Crippen LogP contribution in [0, 0.1) is 5.92 Å². The van der Waals surface area contributed by atoms with E-state index in [0.29, 0.717) is 17.3 Å². The topological polar surface area (TPSA) is 75.0 Å². The van der Waals surface area contributed by atoms with E-state index in [4.69, 9.17) is 5.73 Å². The Kier molecular flexibility index (Phi) is 2.62. The summed E-state index contributed by atoms with van der Waals surface area (Å²) in [5, 5.41) is 6.41. The summed E-state index contributed by atoms with van der Waals surface area (Å²) < 4.78 is 0. The minimum absolute atomic E-state index is 0.0310. The van der Waals surface area contributed by atoms with E-state index in [1.165, 1.54) is 12.6 Å². The van der Waals surface area contributed by atoms with Crippen LogP contribution < -0.4 is 5.73 Å². The molecule has 0 bridgehead atoms. The molecule has 1 fully saturated rings. The zero-order chi connectivity index (χ0) is 10.8. The Labute approximate surface area is 88.6 Å². The van der Waals surface area contributed by atoms with Gasteiger partial charge in [0.2, 0.25) is 0 Å². The second-order valence-corrected chi connectivity index (χ2v) is 4.20. The van der Waals surface area contributed by atoms with Gasteiger partial charge >= 0.3 is 0 Å². The van der Waals surface area contributed by atoms with Crippen LogP contribution in [0.15, 0.2) is 6.20 Å². The van der Waals surface area contributed by atoms with Crippen LogP contribution in [0.3, 0.4) is 0 Å². The van der Waals surface area contributed by atoms with E-state index < -0.39 is 0 Å². The molecule has 1 saturated heterocycles. The Bertz CT molecular complexity index is 360. The highest BCUT2D eigenvalue weighted by Crippen LogP contribution is 2.18. The molecule has 1 aromatic rings. The summed E-state index contributed by atoms with van der Waals surface area (Å²) in [6, 6.07) is 0. The lowest BCUT2D eigenvalue weighted by Crippen LogP contribution is -2.39. The number of piperidine rings is 1. The van der Waals surface area contributed by atoms with Gasteiger partial charge in [-0.1, -0.05) is 6.92 Å². The molecule has 2 heterocycles. The molecule has 3 N–H and O–H groups in total. The predicted molar refractivity (Wildman–Crippen MR) is 57.3 cm³/mol.